The fraction of sp³-hybridized carbons (Fsp3) is 0.500. The summed E-state index contributed by atoms with van der Waals surface area (Å²) in [4.78, 5) is 55.4. The van der Waals surface area contributed by atoms with Gasteiger partial charge in [-0.25, -0.2) is 4.98 Å². The smallest absolute Gasteiger partial charge is 0.311 e. The van der Waals surface area contributed by atoms with Gasteiger partial charge in [0.2, 0.25) is 11.8 Å². The zero-order valence-electron chi connectivity index (χ0n) is 69.9. The Balaban J connectivity index is 0.000000103. The van der Waals surface area contributed by atoms with Crippen LogP contribution in [-0.4, -0.2) is 172 Å². The molecule has 20 unspecified atom stereocenters. The van der Waals surface area contributed by atoms with Crippen LogP contribution in [0.3, 0.4) is 0 Å². The molecule has 0 amide bonds. The van der Waals surface area contributed by atoms with Crippen molar-refractivity contribution in [3.05, 3.63) is 252 Å². The largest absolute Gasteiger partial charge is 0.462 e. The molecule has 10 bridgehead atoms. The van der Waals surface area contributed by atoms with Gasteiger partial charge in [0.25, 0.3) is 0 Å². The Bertz CT molecular complexity index is 4580. The predicted octanol–water partition coefficient (Wildman–Crippen LogP) is 21.3. The number of halogens is 4. The van der Waals surface area contributed by atoms with Crippen molar-refractivity contribution in [2.45, 2.75) is 262 Å². The van der Waals surface area contributed by atoms with Crippen LogP contribution in [0.2, 0.25) is 15.1 Å². The number of fused-ring (bicyclic) bond motifs is 10. The molecule has 22 rings (SSSR count). The van der Waals surface area contributed by atoms with Crippen LogP contribution in [0.4, 0.5) is 0 Å². The third-order valence-electron chi connectivity index (χ3n) is 29.9. The predicted molar refractivity (Wildman–Crippen MR) is 479 cm³/mol. The molecule has 3 aliphatic carbocycles. The number of rotatable bonds is 15. The van der Waals surface area contributed by atoms with Gasteiger partial charge in [-0.05, 0) is 300 Å². The molecule has 13 aliphatic rings. The van der Waals surface area contributed by atoms with E-state index in [1.165, 1.54) is 81.9 Å². The molecule has 0 N–H and O–H groups in total. The third-order valence-corrected chi connectivity index (χ3v) is 31.4. The van der Waals surface area contributed by atoms with Crippen LogP contribution in [0.1, 0.15) is 221 Å². The number of nitrogens with zero attached hydrogens (tertiary/aromatic N) is 8. The lowest BCUT2D eigenvalue weighted by Gasteiger charge is -2.42. The van der Waals surface area contributed by atoms with Gasteiger partial charge < -0.3 is 23.0 Å². The Kier molecular flexibility index (Phi) is 25.4. The van der Waals surface area contributed by atoms with Crippen LogP contribution >= 0.6 is 57.4 Å². The summed E-state index contributed by atoms with van der Waals surface area (Å²) in [5.41, 5.74) is 9.82. The summed E-state index contributed by atoms with van der Waals surface area (Å²) in [7, 11) is 11.0. The number of piperidine rings is 5. The van der Waals surface area contributed by atoms with Gasteiger partial charge in [-0.15, -0.1) is 10.2 Å². The maximum atomic E-state index is 12.8. The molecule has 120 heavy (non-hydrogen) atoms. The van der Waals surface area contributed by atoms with Crippen molar-refractivity contribution >= 4 is 75.3 Å². The Morgan fingerprint density at radius 3 is 1.05 bits per heavy atom. The van der Waals surface area contributed by atoms with Crippen molar-refractivity contribution in [3.63, 3.8) is 0 Å². The first-order chi connectivity index (χ1) is 58.3. The van der Waals surface area contributed by atoms with E-state index in [1.807, 2.05) is 91.1 Å². The number of benzene rings is 7. The van der Waals surface area contributed by atoms with Crippen molar-refractivity contribution in [2.75, 3.05) is 35.2 Å². The monoisotopic (exact) mass is 1790 g/mol. The van der Waals surface area contributed by atoms with Crippen LogP contribution in [-0.2, 0) is 28.6 Å². The molecule has 16 nitrogen and oxygen atoms in total. The molecular formula is C100H114Cl3IN8O8. The lowest BCUT2D eigenvalue weighted by Crippen LogP contribution is -2.49. The number of oxazole rings is 1. The topological polar surface area (TPSA) is 160 Å². The third kappa shape index (κ3) is 18.2. The first-order valence-electron chi connectivity index (χ1n) is 44.5. The number of likely N-dealkylation sites (N-methyl/N-ethyl adjacent to an activating group) is 2. The lowest BCUT2D eigenvalue weighted by atomic mass is 9.76. The van der Waals surface area contributed by atoms with Crippen LogP contribution in [0.25, 0.3) is 22.8 Å². The number of carbonyl (C=O) groups excluding carboxylic acids is 3. The van der Waals surface area contributed by atoms with E-state index in [9.17, 15) is 14.4 Å². The van der Waals surface area contributed by atoms with Gasteiger partial charge in [0.15, 0.2) is 11.7 Å². The van der Waals surface area contributed by atoms with Crippen LogP contribution < -0.4 is 0 Å². The van der Waals surface area contributed by atoms with E-state index < -0.39 is 0 Å². The highest BCUT2D eigenvalue weighted by atomic mass is 127. The SMILES string of the molecule is CN1C2CCC1C(C(=O)OC1CC1)C(c1ccc(Cl)cc1)C2.CN1C2CCC1C(C(=O)OC1CC1)C(c1ccc(I)cc1)C2.CN1C2CCC1C(c1ncc(-c3ccccc3)o1)C(c1ccc(Cl)cc1)C2.CN1C2CCC1C(c1nnc(-c3ccccc3)o1)C(c1ccc(Cl)cc1)C2.Cc1ccc(C2CC3CCC(C2C(=O)OC2CC2)N3C)cc1. The Labute approximate surface area is 736 Å². The van der Waals surface area contributed by atoms with E-state index in [0.717, 1.165) is 134 Å². The molecule has 630 valence electrons. The molecule has 2 aromatic heterocycles. The number of aryl methyl sites for hydroxylation is 1. The van der Waals surface area contributed by atoms with Gasteiger partial charge in [-0.2, -0.15) is 0 Å². The normalized spacial score (nSPS) is 31.6. The molecule has 10 aliphatic heterocycles. The van der Waals surface area contributed by atoms with Crippen molar-refractivity contribution < 1.29 is 37.4 Å². The minimum Gasteiger partial charge on any atom is -0.462 e. The van der Waals surface area contributed by atoms with Gasteiger partial charge in [0.05, 0.1) is 35.8 Å². The highest BCUT2D eigenvalue weighted by Crippen LogP contribution is 2.55. The minimum atomic E-state index is -0.0366. The molecule has 9 aromatic rings. The van der Waals surface area contributed by atoms with Crippen molar-refractivity contribution in [1.82, 2.24) is 39.7 Å². The zero-order chi connectivity index (χ0) is 82.6. The summed E-state index contributed by atoms with van der Waals surface area (Å²) in [5.74, 6) is 5.32. The average Bonchev–Trinajstić information content (AvgIpc) is 1.60. The first-order valence-corrected chi connectivity index (χ1v) is 46.7. The zero-order valence-corrected chi connectivity index (χ0v) is 74.3. The second-order valence-corrected chi connectivity index (χ2v) is 39.5. The first kappa shape index (κ1) is 83.6. The van der Waals surface area contributed by atoms with Crippen molar-refractivity contribution in [3.8, 4) is 22.8 Å². The van der Waals surface area contributed by atoms with Gasteiger partial charge in [-0.3, -0.25) is 38.9 Å². The molecule has 10 saturated heterocycles. The van der Waals surface area contributed by atoms with Gasteiger partial charge >= 0.3 is 17.9 Å². The number of carbonyl (C=O) groups is 3. The van der Waals surface area contributed by atoms with E-state index >= 15 is 0 Å². The summed E-state index contributed by atoms with van der Waals surface area (Å²) >= 11 is 20.6. The fourth-order valence-electron chi connectivity index (χ4n) is 22.9. The number of aromatic nitrogens is 3. The van der Waals surface area contributed by atoms with Gasteiger partial charge in [-0.1, -0.05) is 162 Å². The maximum absolute atomic E-state index is 12.8. The molecule has 3 saturated carbocycles. The second kappa shape index (κ2) is 36.5. The lowest BCUT2D eigenvalue weighted by molar-refractivity contribution is -0.155. The van der Waals surface area contributed by atoms with Gasteiger partial charge in [0, 0.05) is 108 Å². The molecule has 20 atom stereocenters. The number of ether oxygens (including phenoxy) is 3. The molecule has 13 fully saturated rings. The summed E-state index contributed by atoms with van der Waals surface area (Å²) in [6, 6.07) is 67.4. The number of hydrogen-bond acceptors (Lipinski definition) is 16. The van der Waals surface area contributed by atoms with Crippen LogP contribution in [0, 0.1) is 28.2 Å². The highest BCUT2D eigenvalue weighted by molar-refractivity contribution is 14.1. The van der Waals surface area contributed by atoms with Gasteiger partial charge in [0.1, 0.15) is 18.3 Å². The maximum Gasteiger partial charge on any atom is 0.311 e. The number of hydrogen-bond donors (Lipinski definition) is 0. The van der Waals surface area contributed by atoms with E-state index in [0.29, 0.717) is 90.0 Å². The molecule has 20 heteroatoms. The highest BCUT2D eigenvalue weighted by Gasteiger charge is 2.56. The summed E-state index contributed by atoms with van der Waals surface area (Å²) in [6.45, 7) is 2.11. The van der Waals surface area contributed by atoms with Crippen LogP contribution in [0.15, 0.2) is 197 Å². The standard InChI is InChI=1S/C23H23ClN2O.C22H22ClN3O.C19H25NO2.C18H22ClNO2.C18H22INO2/c1-26-18-11-12-20(26)22(19(13-18)15-7-9-17(24)10-8-15)23-25-14-21(27-23)16-5-3-2-4-6-16;1-26-17-11-12-19(26)20(18(13-17)14-7-9-16(23)10-8-14)22-25-24-21(27-22)15-5-3-2-4-6-15;1-12-3-5-13(6-4-12)16-11-14-7-10-17(20(14)2)18(16)19(21)22-15-8-9-15;2*1-20-13-6-9-16(20)17(18(21)22-14-7-8-14)15(10-13)11-2-4-12(19)5-3-11/h2-10,14,18-20,22H,11-13H2,1H3;2-10,17-20H,11-13H2,1H3;3-6,14-18H,7-11H2,1-2H3;2*2-5,13-17H,6-10H2,1H3. The fourth-order valence-corrected chi connectivity index (χ4v) is 23.6. The Hall–Kier alpha value is -7.30. The molecule has 0 radical (unpaired) electrons. The molecule has 7 aromatic carbocycles. The summed E-state index contributed by atoms with van der Waals surface area (Å²) in [5, 5.41) is 11.2. The summed E-state index contributed by atoms with van der Waals surface area (Å²) < 4.78 is 30.9. The molecular weight excluding hydrogens is 1670 g/mol. The van der Waals surface area contributed by atoms with E-state index in [-0.39, 0.29) is 71.7 Å². The molecule has 12 heterocycles. The summed E-state index contributed by atoms with van der Waals surface area (Å²) in [6.07, 6.45) is 26.1. The molecule has 0 spiro atoms. The second-order valence-electron chi connectivity index (χ2n) is 36.9. The quantitative estimate of drug-likeness (QED) is 0.0541. The van der Waals surface area contributed by atoms with Crippen molar-refractivity contribution in [2.24, 2.45) is 17.8 Å². The van der Waals surface area contributed by atoms with E-state index in [1.54, 1.807) is 0 Å². The Morgan fingerprint density at radius 2 is 0.675 bits per heavy atom. The number of esters is 3. The average molecular weight is 1790 g/mol. The Morgan fingerprint density at radius 1 is 0.358 bits per heavy atom. The minimum absolute atomic E-state index is 0.00408. The van der Waals surface area contributed by atoms with E-state index in [2.05, 4.69) is 197 Å². The van der Waals surface area contributed by atoms with Crippen molar-refractivity contribution in [1.29, 1.82) is 0 Å². The van der Waals surface area contributed by atoms with Crippen LogP contribution in [0.5, 0.6) is 0 Å². The van der Waals surface area contributed by atoms with E-state index in [4.69, 9.17) is 62.8 Å².